The molecule has 0 aromatic carbocycles. The number of esters is 1. The van der Waals surface area contributed by atoms with E-state index in [0.29, 0.717) is 5.88 Å². The number of carbonyl (C=O) groups is 2. The Morgan fingerprint density at radius 3 is 2.48 bits per heavy atom. The van der Waals surface area contributed by atoms with E-state index in [2.05, 4.69) is 15.8 Å². The van der Waals surface area contributed by atoms with Gasteiger partial charge in [0.15, 0.2) is 0 Å². The standard InChI is InChI=1S/C14H23N3O4/c1-8(2)10-6-12(21-17-10)16-11(18)7-15-13(9(3)4)14(19)20-5/h6,8-9,13,15H,7H2,1-5H3,(H,16,18). The van der Waals surface area contributed by atoms with E-state index < -0.39 is 6.04 Å². The number of amides is 1. The maximum absolute atomic E-state index is 11.8. The second-order valence-electron chi connectivity index (χ2n) is 5.44. The van der Waals surface area contributed by atoms with Crippen molar-refractivity contribution in [1.29, 1.82) is 0 Å². The summed E-state index contributed by atoms with van der Waals surface area (Å²) in [5.74, 6) is -0.162. The summed E-state index contributed by atoms with van der Waals surface area (Å²) in [6.07, 6.45) is 0. The number of hydrogen-bond acceptors (Lipinski definition) is 6. The summed E-state index contributed by atoms with van der Waals surface area (Å²) in [5.41, 5.74) is 0.771. The molecule has 1 amide bonds. The predicted octanol–water partition coefficient (Wildman–Crippen LogP) is 1.52. The van der Waals surface area contributed by atoms with E-state index in [1.807, 2.05) is 27.7 Å². The highest BCUT2D eigenvalue weighted by Crippen LogP contribution is 2.17. The molecular formula is C14H23N3O4. The van der Waals surface area contributed by atoms with Crippen LogP contribution in [0.25, 0.3) is 0 Å². The molecule has 2 N–H and O–H groups in total. The summed E-state index contributed by atoms with van der Waals surface area (Å²) in [6, 6.07) is 1.16. The first-order chi connectivity index (χ1) is 9.85. The average Bonchev–Trinajstić information content (AvgIpc) is 2.86. The monoisotopic (exact) mass is 297 g/mol. The van der Waals surface area contributed by atoms with Crippen LogP contribution >= 0.6 is 0 Å². The van der Waals surface area contributed by atoms with Crippen molar-refractivity contribution < 1.29 is 18.8 Å². The zero-order valence-electron chi connectivity index (χ0n) is 13.1. The van der Waals surface area contributed by atoms with Crippen molar-refractivity contribution in [3.8, 4) is 0 Å². The zero-order chi connectivity index (χ0) is 16.0. The molecule has 0 aliphatic rings. The summed E-state index contributed by atoms with van der Waals surface area (Å²) in [7, 11) is 1.32. The molecule has 7 nitrogen and oxygen atoms in total. The Hall–Kier alpha value is -1.89. The number of nitrogens with one attached hydrogen (secondary N) is 2. The Morgan fingerprint density at radius 1 is 1.33 bits per heavy atom. The van der Waals surface area contributed by atoms with Crippen LogP contribution < -0.4 is 10.6 Å². The maximum atomic E-state index is 11.8. The van der Waals surface area contributed by atoms with Gasteiger partial charge in [-0.25, -0.2) is 0 Å². The van der Waals surface area contributed by atoms with E-state index in [4.69, 9.17) is 9.26 Å². The molecule has 0 aliphatic heterocycles. The van der Waals surface area contributed by atoms with E-state index in [0.717, 1.165) is 5.69 Å². The van der Waals surface area contributed by atoms with Crippen molar-refractivity contribution in [3.63, 3.8) is 0 Å². The van der Waals surface area contributed by atoms with Gasteiger partial charge in [-0.3, -0.25) is 20.2 Å². The third-order valence-electron chi connectivity index (χ3n) is 2.99. The van der Waals surface area contributed by atoms with Gasteiger partial charge in [0.25, 0.3) is 0 Å². The number of aromatic nitrogens is 1. The summed E-state index contributed by atoms with van der Waals surface area (Å²) < 4.78 is 9.71. The molecule has 1 aromatic heterocycles. The fraction of sp³-hybridized carbons (Fsp3) is 0.643. The minimum atomic E-state index is -0.526. The topological polar surface area (TPSA) is 93.5 Å². The molecule has 1 rings (SSSR count). The molecule has 0 spiro atoms. The lowest BCUT2D eigenvalue weighted by Gasteiger charge is -2.19. The number of rotatable bonds is 7. The first-order valence-corrected chi connectivity index (χ1v) is 6.92. The molecule has 0 radical (unpaired) electrons. The van der Waals surface area contributed by atoms with Crippen LogP contribution in [0.1, 0.15) is 39.3 Å². The van der Waals surface area contributed by atoms with Gasteiger partial charge in [-0.05, 0) is 11.8 Å². The molecule has 0 saturated heterocycles. The Kier molecular flexibility index (Phi) is 6.36. The van der Waals surface area contributed by atoms with Crippen LogP contribution in [0.4, 0.5) is 5.88 Å². The van der Waals surface area contributed by atoms with E-state index in [1.165, 1.54) is 7.11 Å². The number of carbonyl (C=O) groups excluding carboxylic acids is 2. The molecule has 118 valence electrons. The molecule has 0 bridgehead atoms. The smallest absolute Gasteiger partial charge is 0.323 e. The fourth-order valence-electron chi connectivity index (χ4n) is 1.72. The molecular weight excluding hydrogens is 274 g/mol. The van der Waals surface area contributed by atoms with Crippen LogP contribution in [0.5, 0.6) is 0 Å². The van der Waals surface area contributed by atoms with E-state index >= 15 is 0 Å². The van der Waals surface area contributed by atoms with E-state index in [9.17, 15) is 9.59 Å². The molecule has 0 saturated carbocycles. The van der Waals surface area contributed by atoms with Gasteiger partial charge in [-0.1, -0.05) is 32.9 Å². The number of methoxy groups -OCH3 is 1. The Balaban J connectivity index is 2.50. The number of nitrogens with zero attached hydrogens (tertiary/aromatic N) is 1. The summed E-state index contributed by atoms with van der Waals surface area (Å²) >= 11 is 0. The summed E-state index contributed by atoms with van der Waals surface area (Å²) in [4.78, 5) is 23.4. The van der Waals surface area contributed by atoms with Crippen molar-refractivity contribution in [2.75, 3.05) is 19.0 Å². The lowest BCUT2D eigenvalue weighted by atomic mass is 10.0. The van der Waals surface area contributed by atoms with Crippen molar-refractivity contribution in [2.45, 2.75) is 39.7 Å². The zero-order valence-corrected chi connectivity index (χ0v) is 13.1. The Morgan fingerprint density at radius 2 is 2.00 bits per heavy atom. The van der Waals surface area contributed by atoms with Gasteiger partial charge in [-0.2, -0.15) is 0 Å². The van der Waals surface area contributed by atoms with Gasteiger partial charge in [0.2, 0.25) is 11.8 Å². The molecule has 21 heavy (non-hydrogen) atoms. The van der Waals surface area contributed by atoms with Crippen LogP contribution in [0.3, 0.4) is 0 Å². The summed E-state index contributed by atoms with van der Waals surface area (Å²) in [5, 5.41) is 9.31. The molecule has 1 heterocycles. The number of anilines is 1. The third-order valence-corrected chi connectivity index (χ3v) is 2.99. The van der Waals surface area contributed by atoms with Gasteiger partial charge in [0.1, 0.15) is 6.04 Å². The fourth-order valence-corrected chi connectivity index (χ4v) is 1.72. The maximum Gasteiger partial charge on any atom is 0.323 e. The Labute approximate surface area is 124 Å². The van der Waals surface area contributed by atoms with Gasteiger partial charge in [0.05, 0.1) is 19.3 Å². The van der Waals surface area contributed by atoms with Crippen LogP contribution in [0, 0.1) is 5.92 Å². The first-order valence-electron chi connectivity index (χ1n) is 6.92. The van der Waals surface area contributed by atoms with Crippen LogP contribution in [-0.4, -0.2) is 36.7 Å². The number of hydrogen-bond donors (Lipinski definition) is 2. The molecule has 0 fully saturated rings. The second-order valence-corrected chi connectivity index (χ2v) is 5.44. The molecule has 7 heteroatoms. The van der Waals surface area contributed by atoms with E-state index in [1.54, 1.807) is 6.07 Å². The van der Waals surface area contributed by atoms with Crippen LogP contribution in [0.2, 0.25) is 0 Å². The molecule has 1 atom stereocenters. The molecule has 1 aromatic rings. The number of ether oxygens (including phenoxy) is 1. The van der Waals surface area contributed by atoms with Crippen molar-refractivity contribution in [3.05, 3.63) is 11.8 Å². The quantitative estimate of drug-likeness (QED) is 0.741. The largest absolute Gasteiger partial charge is 0.468 e. The van der Waals surface area contributed by atoms with Gasteiger partial charge in [0, 0.05) is 6.07 Å². The lowest BCUT2D eigenvalue weighted by molar-refractivity contribution is -0.144. The highest BCUT2D eigenvalue weighted by Gasteiger charge is 2.23. The molecule has 1 unspecified atom stereocenters. The van der Waals surface area contributed by atoms with Crippen molar-refractivity contribution >= 4 is 17.8 Å². The average molecular weight is 297 g/mol. The Bertz CT molecular complexity index is 482. The van der Waals surface area contributed by atoms with Crippen molar-refractivity contribution in [2.24, 2.45) is 5.92 Å². The van der Waals surface area contributed by atoms with Crippen LogP contribution in [0.15, 0.2) is 10.6 Å². The normalized spacial score (nSPS) is 12.5. The highest BCUT2D eigenvalue weighted by molar-refractivity contribution is 5.91. The summed E-state index contributed by atoms with van der Waals surface area (Å²) in [6.45, 7) is 7.69. The SMILES string of the molecule is COC(=O)C(NCC(=O)Nc1cc(C(C)C)no1)C(C)C. The molecule has 0 aliphatic carbocycles. The lowest BCUT2D eigenvalue weighted by Crippen LogP contribution is -2.45. The van der Waals surface area contributed by atoms with Gasteiger partial charge >= 0.3 is 5.97 Å². The highest BCUT2D eigenvalue weighted by atomic mass is 16.5. The van der Waals surface area contributed by atoms with Gasteiger partial charge in [-0.15, -0.1) is 0 Å². The van der Waals surface area contributed by atoms with Crippen LogP contribution in [-0.2, 0) is 14.3 Å². The predicted molar refractivity (Wildman–Crippen MR) is 77.9 cm³/mol. The second kappa shape index (κ2) is 7.78. The minimum Gasteiger partial charge on any atom is -0.468 e. The third kappa shape index (κ3) is 5.18. The first kappa shape index (κ1) is 17.2. The van der Waals surface area contributed by atoms with E-state index in [-0.39, 0.29) is 30.3 Å². The van der Waals surface area contributed by atoms with Gasteiger partial charge < -0.3 is 9.26 Å². The van der Waals surface area contributed by atoms with Crippen molar-refractivity contribution in [1.82, 2.24) is 10.5 Å². The minimum absolute atomic E-state index is 0.0167.